The van der Waals surface area contributed by atoms with Crippen molar-refractivity contribution in [3.63, 3.8) is 0 Å². The predicted molar refractivity (Wildman–Crippen MR) is 113 cm³/mol. The molecule has 0 spiro atoms. The maximum Gasteiger partial charge on any atom is 0.222 e. The van der Waals surface area contributed by atoms with E-state index in [0.29, 0.717) is 12.3 Å². The van der Waals surface area contributed by atoms with Crippen LogP contribution in [-0.2, 0) is 16.6 Å². The fourth-order valence-corrected chi connectivity index (χ4v) is 3.23. The first-order valence-electron chi connectivity index (χ1n) is 10.3. The van der Waals surface area contributed by atoms with E-state index in [1.165, 1.54) is 11.1 Å². The molecule has 2 rings (SSSR count). The number of amides is 1. The SMILES string of the molecule is CCNC(=NCCCN1CCCC1=O)NCCc1ccc(C(C)(C)C)cc1. The number of carbonyl (C=O) groups is 1. The van der Waals surface area contributed by atoms with Gasteiger partial charge in [0.15, 0.2) is 5.96 Å². The zero-order chi connectivity index (χ0) is 19.7. The van der Waals surface area contributed by atoms with Crippen LogP contribution in [0.1, 0.15) is 58.1 Å². The molecule has 1 amide bonds. The highest BCUT2D eigenvalue weighted by Gasteiger charge is 2.18. The lowest BCUT2D eigenvalue weighted by Gasteiger charge is -2.19. The largest absolute Gasteiger partial charge is 0.357 e. The van der Waals surface area contributed by atoms with E-state index in [2.05, 4.69) is 67.6 Å². The quantitative estimate of drug-likeness (QED) is 0.419. The van der Waals surface area contributed by atoms with E-state index in [0.717, 1.165) is 57.9 Å². The van der Waals surface area contributed by atoms with Crippen molar-refractivity contribution in [1.29, 1.82) is 0 Å². The topological polar surface area (TPSA) is 56.7 Å². The van der Waals surface area contributed by atoms with Gasteiger partial charge in [0.2, 0.25) is 5.91 Å². The van der Waals surface area contributed by atoms with E-state index in [1.54, 1.807) is 0 Å². The van der Waals surface area contributed by atoms with Crippen LogP contribution in [0.5, 0.6) is 0 Å². The van der Waals surface area contributed by atoms with Gasteiger partial charge < -0.3 is 15.5 Å². The van der Waals surface area contributed by atoms with Gasteiger partial charge in [-0.15, -0.1) is 0 Å². The molecule has 1 aromatic rings. The summed E-state index contributed by atoms with van der Waals surface area (Å²) in [5.74, 6) is 1.15. The third kappa shape index (κ3) is 7.24. The summed E-state index contributed by atoms with van der Waals surface area (Å²) in [7, 11) is 0. The van der Waals surface area contributed by atoms with Crippen molar-refractivity contribution < 1.29 is 4.79 Å². The number of nitrogens with one attached hydrogen (secondary N) is 2. The Kier molecular flexibility index (Phi) is 8.14. The van der Waals surface area contributed by atoms with Crippen LogP contribution in [0.3, 0.4) is 0 Å². The number of nitrogens with zero attached hydrogens (tertiary/aromatic N) is 2. The Morgan fingerprint density at radius 3 is 2.52 bits per heavy atom. The molecule has 0 radical (unpaired) electrons. The summed E-state index contributed by atoms with van der Waals surface area (Å²) >= 11 is 0. The molecule has 0 bridgehead atoms. The number of hydrogen-bond acceptors (Lipinski definition) is 2. The summed E-state index contributed by atoms with van der Waals surface area (Å²) in [6.45, 7) is 13.0. The van der Waals surface area contributed by atoms with Gasteiger partial charge in [0.05, 0.1) is 0 Å². The molecule has 0 aromatic heterocycles. The van der Waals surface area contributed by atoms with Gasteiger partial charge in [-0.2, -0.15) is 0 Å². The molecule has 1 heterocycles. The summed E-state index contributed by atoms with van der Waals surface area (Å²) in [4.78, 5) is 18.2. The van der Waals surface area contributed by atoms with E-state index >= 15 is 0 Å². The molecule has 0 unspecified atom stereocenters. The fraction of sp³-hybridized carbons (Fsp3) is 0.636. The lowest BCUT2D eigenvalue weighted by Crippen LogP contribution is -2.38. The minimum absolute atomic E-state index is 0.196. The van der Waals surface area contributed by atoms with Crippen LogP contribution in [0, 0.1) is 0 Å². The first kappa shape index (κ1) is 21.3. The van der Waals surface area contributed by atoms with Crippen molar-refractivity contribution in [3.8, 4) is 0 Å². The lowest BCUT2D eigenvalue weighted by molar-refractivity contribution is -0.127. The lowest BCUT2D eigenvalue weighted by atomic mass is 9.86. The molecule has 1 fully saturated rings. The highest BCUT2D eigenvalue weighted by molar-refractivity contribution is 5.79. The van der Waals surface area contributed by atoms with Gasteiger partial charge >= 0.3 is 0 Å². The molecular weight excluding hydrogens is 336 g/mol. The number of aliphatic imine (C=N–C) groups is 1. The Hall–Kier alpha value is -2.04. The fourth-order valence-electron chi connectivity index (χ4n) is 3.23. The van der Waals surface area contributed by atoms with Crippen LogP contribution in [0.4, 0.5) is 0 Å². The second kappa shape index (κ2) is 10.3. The van der Waals surface area contributed by atoms with Crippen LogP contribution in [0.25, 0.3) is 0 Å². The number of likely N-dealkylation sites (tertiary alicyclic amines) is 1. The van der Waals surface area contributed by atoms with Gasteiger partial charge in [-0.05, 0) is 42.7 Å². The summed E-state index contributed by atoms with van der Waals surface area (Å²) in [6.07, 6.45) is 3.60. The monoisotopic (exact) mass is 372 g/mol. The van der Waals surface area contributed by atoms with Gasteiger partial charge in [0.25, 0.3) is 0 Å². The van der Waals surface area contributed by atoms with Gasteiger partial charge in [-0.3, -0.25) is 9.79 Å². The summed E-state index contributed by atoms with van der Waals surface area (Å²) in [5, 5.41) is 6.70. The van der Waals surface area contributed by atoms with Crippen molar-refractivity contribution >= 4 is 11.9 Å². The summed E-state index contributed by atoms with van der Waals surface area (Å²) in [6, 6.07) is 8.90. The van der Waals surface area contributed by atoms with Crippen molar-refractivity contribution in [2.24, 2.45) is 4.99 Å². The molecule has 27 heavy (non-hydrogen) atoms. The first-order valence-corrected chi connectivity index (χ1v) is 10.3. The number of guanidine groups is 1. The molecule has 0 atom stereocenters. The van der Waals surface area contributed by atoms with Crippen LogP contribution < -0.4 is 10.6 Å². The second-order valence-corrected chi connectivity index (χ2v) is 8.22. The third-order valence-electron chi connectivity index (χ3n) is 4.90. The van der Waals surface area contributed by atoms with Crippen LogP contribution in [0.2, 0.25) is 0 Å². The van der Waals surface area contributed by atoms with Gasteiger partial charge in [-0.1, -0.05) is 45.0 Å². The molecule has 5 heteroatoms. The Morgan fingerprint density at radius 1 is 1.19 bits per heavy atom. The van der Waals surface area contributed by atoms with E-state index in [1.807, 2.05) is 4.90 Å². The number of carbonyl (C=O) groups excluding carboxylic acids is 1. The normalized spacial score (nSPS) is 15.3. The average Bonchev–Trinajstić information content (AvgIpc) is 3.03. The minimum atomic E-state index is 0.196. The Bertz CT molecular complexity index is 616. The average molecular weight is 373 g/mol. The zero-order valence-electron chi connectivity index (χ0n) is 17.5. The Morgan fingerprint density at radius 2 is 1.93 bits per heavy atom. The minimum Gasteiger partial charge on any atom is -0.357 e. The molecule has 1 aromatic carbocycles. The van der Waals surface area contributed by atoms with Crippen molar-refractivity contribution in [1.82, 2.24) is 15.5 Å². The zero-order valence-corrected chi connectivity index (χ0v) is 17.5. The maximum atomic E-state index is 11.6. The molecule has 1 aliphatic heterocycles. The Labute approximate surface area is 164 Å². The number of benzene rings is 1. The van der Waals surface area contributed by atoms with E-state index in [-0.39, 0.29) is 5.41 Å². The molecule has 2 N–H and O–H groups in total. The number of hydrogen-bond donors (Lipinski definition) is 2. The van der Waals surface area contributed by atoms with Crippen LogP contribution >= 0.6 is 0 Å². The summed E-state index contributed by atoms with van der Waals surface area (Å²) < 4.78 is 0. The summed E-state index contributed by atoms with van der Waals surface area (Å²) in [5.41, 5.74) is 2.89. The molecular formula is C22H36N4O. The van der Waals surface area contributed by atoms with Crippen LogP contribution in [0.15, 0.2) is 29.3 Å². The molecule has 1 aliphatic rings. The first-order chi connectivity index (χ1) is 12.9. The number of rotatable bonds is 8. The molecule has 0 saturated carbocycles. The second-order valence-electron chi connectivity index (χ2n) is 8.22. The standard InChI is InChI=1S/C22H36N4O/c1-5-23-21(24-14-7-17-26-16-6-8-20(26)27)25-15-13-18-9-11-19(12-10-18)22(2,3)4/h9-12H,5-8,13-17H2,1-4H3,(H2,23,24,25). The Balaban J connectivity index is 1.73. The van der Waals surface area contributed by atoms with Gasteiger partial charge in [-0.25, -0.2) is 0 Å². The smallest absolute Gasteiger partial charge is 0.222 e. The van der Waals surface area contributed by atoms with Crippen molar-refractivity contribution in [3.05, 3.63) is 35.4 Å². The molecule has 0 aliphatic carbocycles. The van der Waals surface area contributed by atoms with E-state index in [4.69, 9.17) is 0 Å². The van der Waals surface area contributed by atoms with E-state index < -0.39 is 0 Å². The van der Waals surface area contributed by atoms with Gasteiger partial charge in [0, 0.05) is 39.1 Å². The molecule has 1 saturated heterocycles. The highest BCUT2D eigenvalue weighted by atomic mass is 16.2. The maximum absolute atomic E-state index is 11.6. The van der Waals surface area contributed by atoms with Crippen molar-refractivity contribution in [2.45, 2.75) is 58.8 Å². The van der Waals surface area contributed by atoms with Crippen LogP contribution in [-0.4, -0.2) is 49.5 Å². The molecule has 5 nitrogen and oxygen atoms in total. The highest BCUT2D eigenvalue weighted by Crippen LogP contribution is 2.22. The third-order valence-corrected chi connectivity index (χ3v) is 4.90. The van der Waals surface area contributed by atoms with E-state index in [9.17, 15) is 4.79 Å². The van der Waals surface area contributed by atoms with Crippen molar-refractivity contribution in [2.75, 3.05) is 32.7 Å². The van der Waals surface area contributed by atoms with Gasteiger partial charge in [0.1, 0.15) is 0 Å². The molecule has 150 valence electrons. The predicted octanol–water partition coefficient (Wildman–Crippen LogP) is 3.09.